The summed E-state index contributed by atoms with van der Waals surface area (Å²) in [6.07, 6.45) is 3.00. The zero-order valence-corrected chi connectivity index (χ0v) is 17.6. The molecule has 3 aromatic rings. The van der Waals surface area contributed by atoms with E-state index in [0.29, 0.717) is 24.2 Å². The van der Waals surface area contributed by atoms with Crippen LogP contribution in [0.5, 0.6) is 0 Å². The van der Waals surface area contributed by atoms with Crippen LogP contribution in [0.1, 0.15) is 37.9 Å². The van der Waals surface area contributed by atoms with Gasteiger partial charge in [0, 0.05) is 45.6 Å². The second kappa shape index (κ2) is 9.53. The number of aromatic nitrogens is 1. The number of nitrogens with zero attached hydrogens (tertiary/aromatic N) is 3. The van der Waals surface area contributed by atoms with Gasteiger partial charge in [-0.1, -0.05) is 60.7 Å². The average molecular weight is 415 g/mol. The van der Waals surface area contributed by atoms with Crippen molar-refractivity contribution in [3.8, 4) is 0 Å². The molecule has 1 fully saturated rings. The Balaban J connectivity index is 1.49. The largest absolute Gasteiger partial charge is 0.355 e. The van der Waals surface area contributed by atoms with Gasteiger partial charge in [0.1, 0.15) is 0 Å². The molecular weight excluding hydrogens is 388 g/mol. The zero-order chi connectivity index (χ0) is 21.6. The van der Waals surface area contributed by atoms with E-state index in [9.17, 15) is 9.59 Å². The summed E-state index contributed by atoms with van der Waals surface area (Å²) in [4.78, 5) is 33.2. The third-order valence-corrected chi connectivity index (χ3v) is 5.67. The second-order valence-electron chi connectivity index (χ2n) is 7.59. The van der Waals surface area contributed by atoms with Crippen molar-refractivity contribution in [2.75, 3.05) is 33.2 Å². The lowest BCUT2D eigenvalue weighted by Gasteiger charge is -2.39. The highest BCUT2D eigenvalue weighted by Gasteiger charge is 2.28. The molecule has 1 saturated heterocycles. The molecule has 0 bridgehead atoms. The van der Waals surface area contributed by atoms with Gasteiger partial charge >= 0.3 is 0 Å². The zero-order valence-electron chi connectivity index (χ0n) is 17.6. The number of hydrogen-bond donors (Lipinski definition) is 1. The molecule has 0 atom stereocenters. The van der Waals surface area contributed by atoms with Crippen LogP contribution in [0.15, 0.2) is 79.1 Å². The van der Waals surface area contributed by atoms with Crippen molar-refractivity contribution in [3.05, 3.63) is 101 Å². The minimum Gasteiger partial charge on any atom is -0.355 e. The highest BCUT2D eigenvalue weighted by atomic mass is 16.2. The first kappa shape index (κ1) is 20.8. The van der Waals surface area contributed by atoms with Crippen LogP contribution in [0.2, 0.25) is 0 Å². The van der Waals surface area contributed by atoms with Gasteiger partial charge in [-0.05, 0) is 17.2 Å². The van der Waals surface area contributed by atoms with Crippen molar-refractivity contribution >= 4 is 11.8 Å². The topological polar surface area (TPSA) is 65.5 Å². The van der Waals surface area contributed by atoms with Crippen LogP contribution in [0.4, 0.5) is 0 Å². The smallest absolute Gasteiger partial charge is 0.255 e. The molecule has 2 aromatic carbocycles. The van der Waals surface area contributed by atoms with Crippen molar-refractivity contribution in [2.24, 2.45) is 0 Å². The Morgan fingerprint density at radius 3 is 1.94 bits per heavy atom. The number of pyridine rings is 1. The summed E-state index contributed by atoms with van der Waals surface area (Å²) in [7, 11) is 1.56. The van der Waals surface area contributed by atoms with Gasteiger partial charge in [0.25, 0.3) is 11.8 Å². The number of carbonyl (C=O) groups is 2. The molecule has 1 aromatic heterocycles. The van der Waals surface area contributed by atoms with E-state index in [1.165, 1.54) is 23.5 Å². The van der Waals surface area contributed by atoms with Crippen molar-refractivity contribution in [3.63, 3.8) is 0 Å². The molecule has 1 N–H and O–H groups in total. The Morgan fingerprint density at radius 1 is 0.839 bits per heavy atom. The Labute approximate surface area is 182 Å². The van der Waals surface area contributed by atoms with E-state index in [1.807, 2.05) is 17.0 Å². The Hall–Kier alpha value is -3.51. The first-order chi connectivity index (χ1) is 15.2. The standard InChI is InChI=1S/C25H26N4O2/c1-26-24(30)21-16-22(18-27-17-21)25(31)29-14-12-28(13-15-29)23(19-8-4-2-5-9-19)20-10-6-3-7-11-20/h2-11,16-18,23H,12-15H2,1H3,(H,26,30). The summed E-state index contributed by atoms with van der Waals surface area (Å²) in [6.45, 7) is 2.78. The Bertz CT molecular complexity index is 992. The number of hydrogen-bond acceptors (Lipinski definition) is 4. The van der Waals surface area contributed by atoms with E-state index in [1.54, 1.807) is 13.1 Å². The van der Waals surface area contributed by atoms with Gasteiger partial charge < -0.3 is 10.2 Å². The molecule has 158 valence electrons. The minimum atomic E-state index is -0.250. The summed E-state index contributed by atoms with van der Waals surface area (Å²) in [6, 6.07) is 22.7. The number of rotatable bonds is 5. The number of amides is 2. The molecule has 0 radical (unpaired) electrons. The molecule has 6 nitrogen and oxygen atoms in total. The predicted octanol–water partition coefficient (Wildman–Crippen LogP) is 2.99. The third kappa shape index (κ3) is 4.64. The molecule has 2 heterocycles. The second-order valence-corrected chi connectivity index (χ2v) is 7.59. The fourth-order valence-corrected chi connectivity index (χ4v) is 4.08. The van der Waals surface area contributed by atoms with Crippen molar-refractivity contribution in [2.45, 2.75) is 6.04 Å². The number of piperazine rings is 1. The summed E-state index contributed by atoms with van der Waals surface area (Å²) >= 11 is 0. The minimum absolute atomic E-state index is 0.0890. The van der Waals surface area contributed by atoms with Gasteiger partial charge in [0.2, 0.25) is 0 Å². The molecule has 0 aliphatic carbocycles. The molecule has 1 aliphatic rings. The number of benzene rings is 2. The normalized spacial score (nSPS) is 14.5. The highest BCUT2D eigenvalue weighted by molar-refractivity contribution is 5.99. The summed E-state index contributed by atoms with van der Waals surface area (Å²) < 4.78 is 0. The van der Waals surface area contributed by atoms with E-state index in [0.717, 1.165) is 13.1 Å². The monoisotopic (exact) mass is 414 g/mol. The molecule has 0 spiro atoms. The maximum Gasteiger partial charge on any atom is 0.255 e. The predicted molar refractivity (Wildman–Crippen MR) is 120 cm³/mol. The molecule has 2 amide bonds. The van der Waals surface area contributed by atoms with Gasteiger partial charge in [0.15, 0.2) is 0 Å². The van der Waals surface area contributed by atoms with Crippen LogP contribution in [-0.2, 0) is 0 Å². The van der Waals surface area contributed by atoms with Gasteiger partial charge in [-0.2, -0.15) is 0 Å². The highest BCUT2D eigenvalue weighted by Crippen LogP contribution is 2.29. The molecule has 0 saturated carbocycles. The van der Waals surface area contributed by atoms with Crippen molar-refractivity contribution in [1.29, 1.82) is 0 Å². The van der Waals surface area contributed by atoms with Crippen molar-refractivity contribution in [1.82, 2.24) is 20.1 Å². The van der Waals surface area contributed by atoms with Gasteiger partial charge in [-0.15, -0.1) is 0 Å². The molecule has 31 heavy (non-hydrogen) atoms. The van der Waals surface area contributed by atoms with E-state index < -0.39 is 0 Å². The van der Waals surface area contributed by atoms with Crippen LogP contribution in [0, 0.1) is 0 Å². The van der Waals surface area contributed by atoms with E-state index in [-0.39, 0.29) is 17.9 Å². The van der Waals surface area contributed by atoms with Crippen LogP contribution in [0.25, 0.3) is 0 Å². The lowest BCUT2D eigenvalue weighted by molar-refractivity contribution is 0.0597. The fraction of sp³-hybridized carbons (Fsp3) is 0.240. The first-order valence-corrected chi connectivity index (χ1v) is 10.5. The van der Waals surface area contributed by atoms with Gasteiger partial charge in [0.05, 0.1) is 17.2 Å². The van der Waals surface area contributed by atoms with Crippen LogP contribution >= 0.6 is 0 Å². The maximum atomic E-state index is 13.0. The molecule has 0 unspecified atom stereocenters. The molecule has 1 aliphatic heterocycles. The molecular formula is C25H26N4O2. The fourth-order valence-electron chi connectivity index (χ4n) is 4.08. The first-order valence-electron chi connectivity index (χ1n) is 10.5. The number of nitrogens with one attached hydrogen (secondary N) is 1. The summed E-state index contributed by atoms with van der Waals surface area (Å²) in [5, 5.41) is 2.57. The number of carbonyl (C=O) groups excluding carboxylic acids is 2. The van der Waals surface area contributed by atoms with Gasteiger partial charge in [-0.25, -0.2) is 0 Å². The molecule has 6 heteroatoms. The summed E-state index contributed by atoms with van der Waals surface area (Å²) in [5.74, 6) is -0.339. The van der Waals surface area contributed by atoms with Crippen molar-refractivity contribution < 1.29 is 9.59 Å². The quantitative estimate of drug-likeness (QED) is 0.697. The Kier molecular flexibility index (Phi) is 6.38. The third-order valence-electron chi connectivity index (χ3n) is 5.67. The van der Waals surface area contributed by atoms with Crippen LogP contribution < -0.4 is 5.32 Å². The maximum absolute atomic E-state index is 13.0. The SMILES string of the molecule is CNC(=O)c1cncc(C(=O)N2CCN(C(c3ccccc3)c3ccccc3)CC2)c1. The lowest BCUT2D eigenvalue weighted by atomic mass is 9.96. The van der Waals surface area contributed by atoms with Crippen LogP contribution in [-0.4, -0.2) is 59.8 Å². The average Bonchev–Trinajstić information content (AvgIpc) is 2.85. The lowest BCUT2D eigenvalue weighted by Crippen LogP contribution is -2.49. The Morgan fingerprint density at radius 2 is 1.39 bits per heavy atom. The summed E-state index contributed by atoms with van der Waals surface area (Å²) in [5.41, 5.74) is 3.32. The van der Waals surface area contributed by atoms with Crippen LogP contribution in [0.3, 0.4) is 0 Å². The van der Waals surface area contributed by atoms with E-state index >= 15 is 0 Å². The van der Waals surface area contributed by atoms with E-state index in [4.69, 9.17) is 0 Å². The van der Waals surface area contributed by atoms with Gasteiger partial charge in [-0.3, -0.25) is 19.5 Å². The van der Waals surface area contributed by atoms with E-state index in [2.05, 4.69) is 63.7 Å². The molecule has 4 rings (SSSR count).